The molecule has 0 saturated heterocycles. The summed E-state index contributed by atoms with van der Waals surface area (Å²) in [5, 5.41) is 13.2. The molecular formula is C22H21F3N2O2. The number of hydrogen-bond acceptors (Lipinski definition) is 3. The van der Waals surface area contributed by atoms with Crippen LogP contribution in [0.3, 0.4) is 0 Å². The first-order valence-corrected chi connectivity index (χ1v) is 9.16. The molecular weight excluding hydrogens is 381 g/mol. The third-order valence-corrected chi connectivity index (χ3v) is 4.77. The van der Waals surface area contributed by atoms with Crippen LogP contribution in [-0.4, -0.2) is 24.1 Å². The largest absolute Gasteiger partial charge is 0.503 e. The van der Waals surface area contributed by atoms with E-state index in [1.165, 1.54) is 17.0 Å². The van der Waals surface area contributed by atoms with Crippen LogP contribution >= 0.6 is 0 Å². The number of carbonyl (C=O) groups is 1. The van der Waals surface area contributed by atoms with Gasteiger partial charge in [-0.25, -0.2) is 0 Å². The number of para-hydroxylation sites is 1. The molecule has 0 saturated carbocycles. The maximum atomic E-state index is 13.0. The van der Waals surface area contributed by atoms with Crippen LogP contribution in [0.15, 0.2) is 78.2 Å². The predicted octanol–water partition coefficient (Wildman–Crippen LogP) is 4.60. The highest BCUT2D eigenvalue weighted by Gasteiger charge is 2.33. The monoisotopic (exact) mass is 402 g/mol. The van der Waals surface area contributed by atoms with Crippen LogP contribution in [0.2, 0.25) is 0 Å². The van der Waals surface area contributed by atoms with Gasteiger partial charge in [-0.2, -0.15) is 13.2 Å². The Morgan fingerprint density at radius 3 is 2.45 bits per heavy atom. The number of nitrogens with one attached hydrogen (secondary N) is 1. The van der Waals surface area contributed by atoms with Crippen LogP contribution in [0, 0.1) is 0 Å². The van der Waals surface area contributed by atoms with Crippen LogP contribution in [0.25, 0.3) is 0 Å². The van der Waals surface area contributed by atoms with E-state index in [1.807, 2.05) is 6.07 Å². The molecule has 1 aliphatic heterocycles. The van der Waals surface area contributed by atoms with Gasteiger partial charge in [-0.05, 0) is 36.6 Å². The molecule has 152 valence electrons. The summed E-state index contributed by atoms with van der Waals surface area (Å²) in [7, 11) is 0. The van der Waals surface area contributed by atoms with E-state index in [4.69, 9.17) is 0 Å². The summed E-state index contributed by atoms with van der Waals surface area (Å²) in [6.45, 7) is 4.40. The Hall–Kier alpha value is -3.22. The quantitative estimate of drug-likeness (QED) is 0.666. The topological polar surface area (TPSA) is 52.6 Å². The third-order valence-electron chi connectivity index (χ3n) is 4.77. The Labute approximate surface area is 167 Å². The number of hydrogen-bond donors (Lipinski definition) is 2. The second-order valence-electron chi connectivity index (χ2n) is 6.72. The lowest BCUT2D eigenvalue weighted by molar-refractivity contribution is -0.138. The number of benzene rings is 2. The Kier molecular flexibility index (Phi) is 5.96. The van der Waals surface area contributed by atoms with Crippen molar-refractivity contribution in [3.05, 3.63) is 89.3 Å². The van der Waals surface area contributed by atoms with Gasteiger partial charge in [-0.3, -0.25) is 4.79 Å². The first kappa shape index (κ1) is 20.5. The highest BCUT2D eigenvalue weighted by molar-refractivity contribution is 6.08. The Morgan fingerprint density at radius 1 is 1.10 bits per heavy atom. The zero-order valence-electron chi connectivity index (χ0n) is 15.7. The standard InChI is InChI=1S/C22H21F3N2O2/c1-15(18-14-27(21(29)20(18)28)17-10-3-2-4-11-17)26-13-7-9-16-8-5-6-12-19(16)22(23,24)25/h2-6,8,10-12,26,28H,1,7,9,13-14H2. The van der Waals surface area contributed by atoms with Gasteiger partial charge in [0.2, 0.25) is 0 Å². The molecule has 29 heavy (non-hydrogen) atoms. The Balaban J connectivity index is 1.56. The highest BCUT2D eigenvalue weighted by Crippen LogP contribution is 2.32. The molecule has 4 nitrogen and oxygen atoms in total. The average Bonchev–Trinajstić information content (AvgIpc) is 3.00. The predicted molar refractivity (Wildman–Crippen MR) is 105 cm³/mol. The zero-order valence-corrected chi connectivity index (χ0v) is 15.7. The van der Waals surface area contributed by atoms with E-state index in [9.17, 15) is 23.1 Å². The van der Waals surface area contributed by atoms with Gasteiger partial charge in [-0.1, -0.05) is 43.0 Å². The number of rotatable bonds is 7. The fraction of sp³-hybridized carbons (Fsp3) is 0.227. The van der Waals surface area contributed by atoms with Crippen molar-refractivity contribution in [3.8, 4) is 0 Å². The van der Waals surface area contributed by atoms with Crippen molar-refractivity contribution in [1.29, 1.82) is 0 Å². The molecule has 0 fully saturated rings. The van der Waals surface area contributed by atoms with E-state index < -0.39 is 17.6 Å². The van der Waals surface area contributed by atoms with Crippen LogP contribution in [0.4, 0.5) is 18.9 Å². The van der Waals surface area contributed by atoms with Gasteiger partial charge < -0.3 is 15.3 Å². The maximum absolute atomic E-state index is 13.0. The van der Waals surface area contributed by atoms with Crippen molar-refractivity contribution in [2.45, 2.75) is 19.0 Å². The van der Waals surface area contributed by atoms with Gasteiger partial charge in [0, 0.05) is 23.5 Å². The first-order valence-electron chi connectivity index (χ1n) is 9.16. The number of nitrogens with zero attached hydrogens (tertiary/aromatic N) is 1. The first-order chi connectivity index (χ1) is 13.8. The molecule has 0 spiro atoms. The van der Waals surface area contributed by atoms with Gasteiger partial charge in [-0.15, -0.1) is 0 Å². The number of aliphatic hydroxyl groups is 1. The third kappa shape index (κ3) is 4.62. The molecule has 0 radical (unpaired) electrons. The Morgan fingerprint density at radius 2 is 1.76 bits per heavy atom. The highest BCUT2D eigenvalue weighted by atomic mass is 19.4. The lowest BCUT2D eigenvalue weighted by Crippen LogP contribution is -2.27. The number of aryl methyl sites for hydroxylation is 1. The minimum atomic E-state index is -4.38. The number of anilines is 1. The fourth-order valence-electron chi connectivity index (χ4n) is 3.26. The lowest BCUT2D eigenvalue weighted by Gasteiger charge is -2.17. The molecule has 1 heterocycles. The summed E-state index contributed by atoms with van der Waals surface area (Å²) >= 11 is 0. The number of aliphatic hydroxyl groups excluding tert-OH is 1. The molecule has 7 heteroatoms. The van der Waals surface area contributed by atoms with Crippen LogP contribution in [-0.2, 0) is 17.4 Å². The molecule has 2 aromatic carbocycles. The van der Waals surface area contributed by atoms with Crippen molar-refractivity contribution < 1.29 is 23.1 Å². The molecule has 2 N–H and O–H groups in total. The maximum Gasteiger partial charge on any atom is 0.416 e. The van der Waals surface area contributed by atoms with E-state index in [1.54, 1.807) is 30.3 Å². The van der Waals surface area contributed by atoms with Gasteiger partial charge in [0.15, 0.2) is 5.76 Å². The Bertz CT molecular complexity index is 937. The number of alkyl halides is 3. The molecule has 1 aliphatic rings. The summed E-state index contributed by atoms with van der Waals surface area (Å²) in [5.41, 5.74) is 1.04. The normalized spacial score (nSPS) is 14.4. The molecule has 0 unspecified atom stereocenters. The van der Waals surface area contributed by atoms with Crippen molar-refractivity contribution >= 4 is 11.6 Å². The van der Waals surface area contributed by atoms with Gasteiger partial charge >= 0.3 is 6.18 Å². The van der Waals surface area contributed by atoms with Crippen molar-refractivity contribution in [2.24, 2.45) is 0 Å². The van der Waals surface area contributed by atoms with E-state index in [0.29, 0.717) is 29.9 Å². The molecule has 0 atom stereocenters. The van der Waals surface area contributed by atoms with Crippen molar-refractivity contribution in [2.75, 3.05) is 18.0 Å². The number of carbonyl (C=O) groups excluding carboxylic acids is 1. The molecule has 0 bridgehead atoms. The van der Waals surface area contributed by atoms with E-state index >= 15 is 0 Å². The molecule has 0 aromatic heterocycles. The SMILES string of the molecule is C=C(NCCCc1ccccc1C(F)(F)F)C1=C(O)C(=O)N(c2ccccc2)C1. The van der Waals surface area contributed by atoms with E-state index in [0.717, 1.165) is 6.07 Å². The number of amides is 1. The molecule has 0 aliphatic carbocycles. The lowest BCUT2D eigenvalue weighted by atomic mass is 10.0. The summed E-state index contributed by atoms with van der Waals surface area (Å²) < 4.78 is 39.1. The zero-order chi connectivity index (χ0) is 21.0. The van der Waals surface area contributed by atoms with E-state index in [2.05, 4.69) is 11.9 Å². The second-order valence-corrected chi connectivity index (χ2v) is 6.72. The fourth-order valence-corrected chi connectivity index (χ4v) is 3.26. The second kappa shape index (κ2) is 8.43. The molecule has 1 amide bonds. The number of halogens is 3. The minimum absolute atomic E-state index is 0.178. The molecule has 2 aromatic rings. The average molecular weight is 402 g/mol. The smallest absolute Gasteiger partial charge is 0.416 e. The summed E-state index contributed by atoms with van der Waals surface area (Å²) in [5.74, 6) is -0.873. The van der Waals surface area contributed by atoms with Gasteiger partial charge in [0.25, 0.3) is 5.91 Å². The van der Waals surface area contributed by atoms with Crippen molar-refractivity contribution in [1.82, 2.24) is 5.32 Å². The summed E-state index contributed by atoms with van der Waals surface area (Å²) in [6, 6.07) is 14.5. The van der Waals surface area contributed by atoms with Crippen LogP contribution in [0.1, 0.15) is 17.5 Å². The van der Waals surface area contributed by atoms with Crippen LogP contribution in [0.5, 0.6) is 0 Å². The summed E-state index contributed by atoms with van der Waals surface area (Å²) in [4.78, 5) is 13.8. The summed E-state index contributed by atoms with van der Waals surface area (Å²) in [6.07, 6.45) is -3.69. The van der Waals surface area contributed by atoms with Crippen molar-refractivity contribution in [3.63, 3.8) is 0 Å². The molecule has 3 rings (SSSR count). The van der Waals surface area contributed by atoms with Gasteiger partial charge in [0.1, 0.15) is 0 Å². The van der Waals surface area contributed by atoms with Crippen LogP contribution < -0.4 is 10.2 Å². The van der Waals surface area contributed by atoms with Gasteiger partial charge in [0.05, 0.1) is 12.1 Å². The van der Waals surface area contributed by atoms with E-state index in [-0.39, 0.29) is 24.3 Å². The minimum Gasteiger partial charge on any atom is -0.503 e.